The van der Waals surface area contributed by atoms with Crippen molar-refractivity contribution in [2.45, 2.75) is 52.6 Å². The molecule has 1 aliphatic carbocycles. The lowest BCUT2D eigenvalue weighted by molar-refractivity contribution is -0.166. The Morgan fingerprint density at radius 2 is 2.17 bits per heavy atom. The highest BCUT2D eigenvalue weighted by molar-refractivity contribution is 5.77. The van der Waals surface area contributed by atoms with Gasteiger partial charge in [-0.2, -0.15) is 0 Å². The van der Waals surface area contributed by atoms with Crippen molar-refractivity contribution in [2.24, 2.45) is 17.3 Å². The largest absolute Gasteiger partial charge is 0.462 e. The van der Waals surface area contributed by atoms with E-state index in [9.17, 15) is 9.90 Å². The van der Waals surface area contributed by atoms with Crippen LogP contribution in [0.1, 0.15) is 46.5 Å². The van der Waals surface area contributed by atoms with Gasteiger partial charge in [-0.1, -0.05) is 33.6 Å². The Morgan fingerprint density at radius 3 is 2.67 bits per heavy atom. The minimum Gasteiger partial charge on any atom is -0.462 e. The highest BCUT2D eigenvalue weighted by atomic mass is 16.5. The highest BCUT2D eigenvalue weighted by Crippen LogP contribution is 2.45. The van der Waals surface area contributed by atoms with Crippen molar-refractivity contribution < 1.29 is 19.7 Å². The van der Waals surface area contributed by atoms with Crippen LogP contribution in [-0.4, -0.2) is 35.5 Å². The Labute approximate surface area is 109 Å². The van der Waals surface area contributed by atoms with Gasteiger partial charge in [0.05, 0.1) is 12.0 Å². The molecule has 0 heterocycles. The molecule has 1 fully saturated rings. The normalized spacial score (nSPS) is 30.2. The number of aliphatic hydroxyl groups excluding tert-OH is 2. The second kappa shape index (κ2) is 6.53. The van der Waals surface area contributed by atoms with Gasteiger partial charge in [0.1, 0.15) is 12.7 Å². The van der Waals surface area contributed by atoms with E-state index in [2.05, 4.69) is 20.8 Å². The van der Waals surface area contributed by atoms with Crippen molar-refractivity contribution in [1.82, 2.24) is 0 Å². The van der Waals surface area contributed by atoms with Crippen LogP contribution in [-0.2, 0) is 9.53 Å². The molecule has 0 spiro atoms. The summed E-state index contributed by atoms with van der Waals surface area (Å²) in [4.78, 5) is 12.3. The SMILES string of the molecule is CC1CCCC(C(=O)OCC(O)CO)(C(C)C)C1. The molecule has 0 bridgehead atoms. The molecule has 0 amide bonds. The molecule has 3 unspecified atom stereocenters. The molecule has 4 nitrogen and oxygen atoms in total. The van der Waals surface area contributed by atoms with Crippen molar-refractivity contribution in [3.8, 4) is 0 Å². The first-order valence-electron chi connectivity index (χ1n) is 6.88. The van der Waals surface area contributed by atoms with Gasteiger partial charge in [0.15, 0.2) is 0 Å². The Hall–Kier alpha value is -0.610. The summed E-state index contributed by atoms with van der Waals surface area (Å²) >= 11 is 0. The summed E-state index contributed by atoms with van der Waals surface area (Å²) < 4.78 is 5.20. The lowest BCUT2D eigenvalue weighted by Crippen LogP contribution is -2.42. The van der Waals surface area contributed by atoms with Crippen molar-refractivity contribution >= 4 is 5.97 Å². The second-order valence-corrected chi connectivity index (χ2v) is 5.95. The molecule has 0 aliphatic heterocycles. The molecule has 0 aromatic heterocycles. The molecular weight excluding hydrogens is 232 g/mol. The van der Waals surface area contributed by atoms with E-state index in [0.717, 1.165) is 19.3 Å². The van der Waals surface area contributed by atoms with Crippen LogP contribution in [0, 0.1) is 17.3 Å². The Balaban J connectivity index is 2.69. The van der Waals surface area contributed by atoms with Gasteiger partial charge in [-0.15, -0.1) is 0 Å². The standard InChI is InChI=1S/C14H26O4/c1-10(2)14(6-4-5-11(3)7-14)13(17)18-9-12(16)8-15/h10-12,15-16H,4-9H2,1-3H3. The fourth-order valence-electron chi connectivity index (χ4n) is 2.91. The Bertz CT molecular complexity index is 277. The zero-order valence-electron chi connectivity index (χ0n) is 11.7. The third kappa shape index (κ3) is 3.45. The minimum atomic E-state index is -0.973. The average molecular weight is 258 g/mol. The van der Waals surface area contributed by atoms with E-state index >= 15 is 0 Å². The molecule has 3 atom stereocenters. The molecule has 0 saturated heterocycles. The topological polar surface area (TPSA) is 66.8 Å². The third-order valence-electron chi connectivity index (χ3n) is 4.16. The molecule has 1 aliphatic rings. The molecule has 106 valence electrons. The van der Waals surface area contributed by atoms with Crippen LogP contribution < -0.4 is 0 Å². The molecule has 0 radical (unpaired) electrons. The van der Waals surface area contributed by atoms with Crippen molar-refractivity contribution in [3.63, 3.8) is 0 Å². The van der Waals surface area contributed by atoms with Crippen LogP contribution in [0.2, 0.25) is 0 Å². The van der Waals surface area contributed by atoms with Gasteiger partial charge in [0, 0.05) is 0 Å². The second-order valence-electron chi connectivity index (χ2n) is 5.95. The number of rotatable bonds is 5. The van der Waals surface area contributed by atoms with E-state index in [-0.39, 0.29) is 25.1 Å². The first-order valence-corrected chi connectivity index (χ1v) is 6.88. The fraction of sp³-hybridized carbons (Fsp3) is 0.929. The van der Waals surface area contributed by atoms with E-state index in [4.69, 9.17) is 9.84 Å². The van der Waals surface area contributed by atoms with Crippen LogP contribution in [0.25, 0.3) is 0 Å². The van der Waals surface area contributed by atoms with Crippen LogP contribution in [0.15, 0.2) is 0 Å². The van der Waals surface area contributed by atoms with Gasteiger partial charge < -0.3 is 14.9 Å². The van der Waals surface area contributed by atoms with Crippen LogP contribution in [0.5, 0.6) is 0 Å². The summed E-state index contributed by atoms with van der Waals surface area (Å²) in [6, 6.07) is 0. The van der Waals surface area contributed by atoms with Gasteiger partial charge in [0.25, 0.3) is 0 Å². The van der Waals surface area contributed by atoms with Gasteiger partial charge in [0.2, 0.25) is 0 Å². The number of carbonyl (C=O) groups excluding carboxylic acids is 1. The number of carbonyl (C=O) groups is 1. The average Bonchev–Trinajstić information content (AvgIpc) is 2.34. The maximum atomic E-state index is 12.3. The van der Waals surface area contributed by atoms with E-state index in [1.165, 1.54) is 6.42 Å². The van der Waals surface area contributed by atoms with Gasteiger partial charge in [-0.3, -0.25) is 4.79 Å². The summed E-state index contributed by atoms with van der Waals surface area (Å²) in [6.45, 7) is 5.80. The Morgan fingerprint density at radius 1 is 1.50 bits per heavy atom. The van der Waals surface area contributed by atoms with Crippen molar-refractivity contribution in [1.29, 1.82) is 0 Å². The maximum Gasteiger partial charge on any atom is 0.312 e. The molecule has 4 heteroatoms. The number of aliphatic hydroxyl groups is 2. The zero-order valence-corrected chi connectivity index (χ0v) is 11.7. The molecule has 1 saturated carbocycles. The maximum absolute atomic E-state index is 12.3. The molecule has 18 heavy (non-hydrogen) atoms. The number of hydrogen-bond acceptors (Lipinski definition) is 4. The van der Waals surface area contributed by atoms with E-state index in [0.29, 0.717) is 5.92 Å². The summed E-state index contributed by atoms with van der Waals surface area (Å²) in [6.07, 6.45) is 2.97. The highest BCUT2D eigenvalue weighted by Gasteiger charge is 2.45. The van der Waals surface area contributed by atoms with E-state index < -0.39 is 11.5 Å². The molecule has 2 N–H and O–H groups in total. The quantitative estimate of drug-likeness (QED) is 0.737. The first-order chi connectivity index (χ1) is 8.42. The Kier molecular flexibility index (Phi) is 5.60. The summed E-state index contributed by atoms with van der Waals surface area (Å²) in [5.41, 5.74) is -0.410. The minimum absolute atomic E-state index is 0.113. The molecule has 1 rings (SSSR count). The predicted octanol–water partition coefficient (Wildman–Crippen LogP) is 1.74. The lowest BCUT2D eigenvalue weighted by Gasteiger charge is -2.41. The third-order valence-corrected chi connectivity index (χ3v) is 4.16. The zero-order chi connectivity index (χ0) is 13.8. The number of ether oxygens (including phenoxy) is 1. The van der Waals surface area contributed by atoms with E-state index in [1.807, 2.05) is 0 Å². The van der Waals surface area contributed by atoms with Crippen molar-refractivity contribution in [2.75, 3.05) is 13.2 Å². The first kappa shape index (κ1) is 15.4. The van der Waals surface area contributed by atoms with Crippen LogP contribution in [0.3, 0.4) is 0 Å². The van der Waals surface area contributed by atoms with Gasteiger partial charge in [-0.25, -0.2) is 0 Å². The lowest BCUT2D eigenvalue weighted by atomic mass is 9.64. The van der Waals surface area contributed by atoms with Crippen LogP contribution >= 0.6 is 0 Å². The monoisotopic (exact) mass is 258 g/mol. The smallest absolute Gasteiger partial charge is 0.312 e. The molecule has 0 aromatic carbocycles. The molecule has 0 aromatic rings. The fourth-order valence-corrected chi connectivity index (χ4v) is 2.91. The number of hydrogen-bond donors (Lipinski definition) is 2. The van der Waals surface area contributed by atoms with Crippen LogP contribution in [0.4, 0.5) is 0 Å². The van der Waals surface area contributed by atoms with Crippen molar-refractivity contribution in [3.05, 3.63) is 0 Å². The molecular formula is C14H26O4. The number of esters is 1. The van der Waals surface area contributed by atoms with E-state index in [1.54, 1.807) is 0 Å². The van der Waals surface area contributed by atoms with Gasteiger partial charge in [-0.05, 0) is 24.7 Å². The summed E-state index contributed by atoms with van der Waals surface area (Å²) in [5.74, 6) is 0.562. The summed E-state index contributed by atoms with van der Waals surface area (Å²) in [5, 5.41) is 18.0. The predicted molar refractivity (Wildman–Crippen MR) is 69.0 cm³/mol. The summed E-state index contributed by atoms with van der Waals surface area (Å²) in [7, 11) is 0. The van der Waals surface area contributed by atoms with Gasteiger partial charge >= 0.3 is 5.97 Å².